The molecule has 0 saturated carbocycles. The molecule has 1 aliphatic heterocycles. The predicted molar refractivity (Wildman–Crippen MR) is 83.5 cm³/mol. The fraction of sp³-hybridized carbons (Fsp3) is 0.750. The molecule has 0 amide bonds. The van der Waals surface area contributed by atoms with Gasteiger partial charge in [-0.1, -0.05) is 17.7 Å². The quantitative estimate of drug-likeness (QED) is 0.397. The molecule has 0 aromatic carbocycles. The van der Waals surface area contributed by atoms with Crippen molar-refractivity contribution in [1.82, 2.24) is 0 Å². The average Bonchev–Trinajstić information content (AvgIpc) is 2.52. The van der Waals surface area contributed by atoms with Crippen molar-refractivity contribution in [3.8, 4) is 0 Å². The van der Waals surface area contributed by atoms with Crippen LogP contribution in [0.15, 0.2) is 23.3 Å². The first-order valence-corrected chi connectivity index (χ1v) is 7.68. The molecule has 0 aromatic heterocycles. The van der Waals surface area contributed by atoms with E-state index in [2.05, 4.69) is 0 Å². The molecule has 23 heavy (non-hydrogen) atoms. The van der Waals surface area contributed by atoms with Crippen molar-refractivity contribution >= 4 is 0 Å². The van der Waals surface area contributed by atoms with Crippen LogP contribution in [0.1, 0.15) is 27.2 Å². The van der Waals surface area contributed by atoms with E-state index in [4.69, 9.17) is 14.6 Å². The van der Waals surface area contributed by atoms with Gasteiger partial charge in [0.25, 0.3) is 0 Å². The number of aliphatic hydroxyl groups is 5. The highest BCUT2D eigenvalue weighted by molar-refractivity contribution is 5.08. The molecular formula is C16H28O7. The molecule has 0 unspecified atom stereocenters. The Morgan fingerprint density at radius 1 is 1.09 bits per heavy atom. The van der Waals surface area contributed by atoms with Crippen LogP contribution in [0.3, 0.4) is 0 Å². The minimum absolute atomic E-state index is 0.0560. The molecule has 0 aromatic rings. The van der Waals surface area contributed by atoms with E-state index in [1.807, 2.05) is 19.9 Å². The Balaban J connectivity index is 2.53. The Labute approximate surface area is 136 Å². The summed E-state index contributed by atoms with van der Waals surface area (Å²) in [6.45, 7) is 5.23. The second-order valence-corrected chi connectivity index (χ2v) is 6.01. The zero-order chi connectivity index (χ0) is 17.6. The van der Waals surface area contributed by atoms with E-state index in [-0.39, 0.29) is 6.61 Å². The van der Waals surface area contributed by atoms with Crippen molar-refractivity contribution in [3.05, 3.63) is 23.3 Å². The summed E-state index contributed by atoms with van der Waals surface area (Å²) in [5, 5.41) is 48.2. The van der Waals surface area contributed by atoms with Gasteiger partial charge in [-0.25, -0.2) is 0 Å². The SMILES string of the molecule is CC(C)=CC[C@@H](O)/C(C)=C\CO[C@@H]1O[C@H](CO)[C@@H](O)[C@H](O)[C@H]1O. The molecule has 0 bridgehead atoms. The van der Waals surface area contributed by atoms with Crippen LogP contribution in [0.25, 0.3) is 0 Å². The Hall–Kier alpha value is -0.800. The van der Waals surface area contributed by atoms with Crippen molar-refractivity contribution in [1.29, 1.82) is 0 Å². The first kappa shape index (κ1) is 20.2. The number of hydrogen-bond donors (Lipinski definition) is 5. The van der Waals surface area contributed by atoms with Crippen molar-refractivity contribution in [3.63, 3.8) is 0 Å². The van der Waals surface area contributed by atoms with E-state index < -0.39 is 43.4 Å². The summed E-state index contributed by atoms with van der Waals surface area (Å²) >= 11 is 0. The van der Waals surface area contributed by atoms with Crippen molar-refractivity contribution < 1.29 is 35.0 Å². The van der Waals surface area contributed by atoms with Gasteiger partial charge in [0.15, 0.2) is 6.29 Å². The number of aliphatic hydroxyl groups excluding tert-OH is 5. The Morgan fingerprint density at radius 2 is 1.74 bits per heavy atom. The lowest BCUT2D eigenvalue weighted by molar-refractivity contribution is -0.298. The van der Waals surface area contributed by atoms with Gasteiger partial charge < -0.3 is 35.0 Å². The van der Waals surface area contributed by atoms with Gasteiger partial charge in [0, 0.05) is 0 Å². The zero-order valence-corrected chi connectivity index (χ0v) is 13.8. The van der Waals surface area contributed by atoms with Gasteiger partial charge in [-0.15, -0.1) is 0 Å². The summed E-state index contributed by atoms with van der Waals surface area (Å²) in [7, 11) is 0. The Morgan fingerprint density at radius 3 is 2.30 bits per heavy atom. The Bertz CT molecular complexity index is 415. The smallest absolute Gasteiger partial charge is 0.187 e. The van der Waals surface area contributed by atoms with Gasteiger partial charge in [-0.05, 0) is 32.8 Å². The first-order chi connectivity index (χ1) is 10.8. The summed E-state index contributed by atoms with van der Waals surface area (Å²) in [6.07, 6.45) is -2.97. The monoisotopic (exact) mass is 332 g/mol. The van der Waals surface area contributed by atoms with E-state index in [0.717, 1.165) is 5.57 Å². The fourth-order valence-electron chi connectivity index (χ4n) is 2.15. The molecule has 1 aliphatic rings. The second-order valence-electron chi connectivity index (χ2n) is 6.01. The Kier molecular flexibility index (Phi) is 8.35. The maximum absolute atomic E-state index is 9.96. The normalized spacial score (nSPS) is 33.4. The van der Waals surface area contributed by atoms with Crippen LogP contribution in [0.5, 0.6) is 0 Å². The highest BCUT2D eigenvalue weighted by Crippen LogP contribution is 2.22. The van der Waals surface area contributed by atoms with Crippen LogP contribution >= 0.6 is 0 Å². The lowest BCUT2D eigenvalue weighted by Crippen LogP contribution is -2.59. The maximum atomic E-state index is 9.96. The summed E-state index contributed by atoms with van der Waals surface area (Å²) in [5.41, 5.74) is 1.83. The van der Waals surface area contributed by atoms with E-state index in [0.29, 0.717) is 12.0 Å². The predicted octanol–water partition coefficient (Wildman–Crippen LogP) is -0.534. The molecule has 7 heteroatoms. The molecule has 6 atom stereocenters. The molecule has 5 N–H and O–H groups in total. The standard InChI is InChI=1S/C16H28O7/c1-9(2)4-5-11(18)10(3)6-7-22-16-15(21)14(20)13(19)12(8-17)23-16/h4,6,11-21H,5,7-8H2,1-3H3/b10-6-/t11-,12-,13-,14+,15-,16-/m1/s1. The highest BCUT2D eigenvalue weighted by Gasteiger charge is 2.43. The number of hydrogen-bond acceptors (Lipinski definition) is 7. The van der Waals surface area contributed by atoms with E-state index in [9.17, 15) is 20.4 Å². The van der Waals surface area contributed by atoms with Crippen molar-refractivity contribution in [2.45, 2.75) is 64.0 Å². The molecule has 1 saturated heterocycles. The van der Waals surface area contributed by atoms with Crippen LogP contribution in [-0.2, 0) is 9.47 Å². The van der Waals surface area contributed by atoms with Crippen molar-refractivity contribution in [2.75, 3.05) is 13.2 Å². The minimum atomic E-state index is -1.46. The molecule has 0 aliphatic carbocycles. The zero-order valence-electron chi connectivity index (χ0n) is 13.8. The molecule has 1 fully saturated rings. The van der Waals surface area contributed by atoms with Crippen LogP contribution in [0.4, 0.5) is 0 Å². The molecule has 0 spiro atoms. The summed E-state index contributed by atoms with van der Waals surface area (Å²) < 4.78 is 10.6. The van der Waals surface area contributed by atoms with Crippen LogP contribution in [0.2, 0.25) is 0 Å². The second kappa shape index (κ2) is 9.48. The third-order valence-electron chi connectivity index (χ3n) is 3.79. The van der Waals surface area contributed by atoms with Gasteiger partial charge in [-0.3, -0.25) is 0 Å². The summed E-state index contributed by atoms with van der Waals surface area (Å²) in [6, 6.07) is 0. The molecular weight excluding hydrogens is 304 g/mol. The van der Waals surface area contributed by atoms with E-state index >= 15 is 0 Å². The van der Waals surface area contributed by atoms with Gasteiger partial charge >= 0.3 is 0 Å². The van der Waals surface area contributed by atoms with Gasteiger partial charge in [-0.2, -0.15) is 0 Å². The lowest BCUT2D eigenvalue weighted by atomic mass is 9.99. The number of rotatable bonds is 7. The van der Waals surface area contributed by atoms with Crippen LogP contribution in [0, 0.1) is 0 Å². The summed E-state index contributed by atoms with van der Waals surface area (Å²) in [4.78, 5) is 0. The molecule has 1 heterocycles. The minimum Gasteiger partial charge on any atom is -0.394 e. The van der Waals surface area contributed by atoms with Gasteiger partial charge in [0.2, 0.25) is 0 Å². The molecule has 0 radical (unpaired) electrons. The van der Waals surface area contributed by atoms with Crippen LogP contribution < -0.4 is 0 Å². The maximum Gasteiger partial charge on any atom is 0.187 e. The molecule has 1 rings (SSSR count). The number of allylic oxidation sites excluding steroid dienone is 1. The van der Waals surface area contributed by atoms with Crippen molar-refractivity contribution in [2.24, 2.45) is 0 Å². The van der Waals surface area contributed by atoms with Gasteiger partial charge in [0.05, 0.1) is 19.3 Å². The van der Waals surface area contributed by atoms with Crippen LogP contribution in [-0.4, -0.2) is 75.6 Å². The third kappa shape index (κ3) is 5.96. The molecule has 7 nitrogen and oxygen atoms in total. The average molecular weight is 332 g/mol. The third-order valence-corrected chi connectivity index (χ3v) is 3.79. The summed E-state index contributed by atoms with van der Waals surface area (Å²) in [5.74, 6) is 0. The number of ether oxygens (including phenoxy) is 2. The van der Waals surface area contributed by atoms with E-state index in [1.54, 1.807) is 13.0 Å². The largest absolute Gasteiger partial charge is 0.394 e. The lowest BCUT2D eigenvalue weighted by Gasteiger charge is -2.39. The molecule has 134 valence electrons. The highest BCUT2D eigenvalue weighted by atomic mass is 16.7. The fourth-order valence-corrected chi connectivity index (χ4v) is 2.15. The first-order valence-electron chi connectivity index (χ1n) is 7.68. The van der Waals surface area contributed by atoms with Gasteiger partial charge in [0.1, 0.15) is 24.4 Å². The topological polar surface area (TPSA) is 120 Å². The van der Waals surface area contributed by atoms with E-state index in [1.165, 1.54) is 0 Å².